The van der Waals surface area contributed by atoms with Crippen LogP contribution >= 0.6 is 0 Å². The number of aryl methyl sites for hydroxylation is 2. The predicted molar refractivity (Wildman–Crippen MR) is 163 cm³/mol. The van der Waals surface area contributed by atoms with Crippen molar-refractivity contribution in [3.63, 3.8) is 0 Å². The lowest BCUT2D eigenvalue weighted by atomic mass is 10.0. The second-order valence-electron chi connectivity index (χ2n) is 10.5. The standard InChI is InChI=1S/C35H32N4O2/c1-22(2)40-24(4)26-14-16-27(17-15-26)30-21-39(35(28-11-7-6-8-12-28)31-13-9-10-18-36-31)32-19-29(20-37-34(30)32)33-23(3)38-41-25(33)5/h6-22,35H,4H2,1-3,5H3/t35-/m1/s1. The lowest BCUT2D eigenvalue weighted by Crippen LogP contribution is -2.13. The SMILES string of the molecule is C=C(OC(C)C)c1ccc(-c2cn([C@H](c3ccccc3)c3ccccn3)c3cc(-c4c(C)noc4C)cnc23)cc1. The minimum absolute atomic E-state index is 0.0674. The summed E-state index contributed by atoms with van der Waals surface area (Å²) in [7, 11) is 0. The van der Waals surface area contributed by atoms with Gasteiger partial charge in [0.1, 0.15) is 17.6 Å². The summed E-state index contributed by atoms with van der Waals surface area (Å²) in [6.07, 6.45) is 6.01. The normalized spacial score (nSPS) is 12.1. The van der Waals surface area contributed by atoms with Gasteiger partial charge in [0.2, 0.25) is 0 Å². The van der Waals surface area contributed by atoms with Crippen LogP contribution in [0.5, 0.6) is 0 Å². The van der Waals surface area contributed by atoms with Gasteiger partial charge in [0, 0.05) is 40.8 Å². The number of nitrogens with zero attached hydrogens (tertiary/aromatic N) is 4. The Balaban J connectivity index is 1.57. The van der Waals surface area contributed by atoms with E-state index in [-0.39, 0.29) is 12.1 Å². The van der Waals surface area contributed by atoms with Crippen molar-refractivity contribution in [3.05, 3.63) is 132 Å². The molecule has 1 atom stereocenters. The Morgan fingerprint density at radius 1 is 0.902 bits per heavy atom. The zero-order valence-electron chi connectivity index (χ0n) is 23.7. The highest BCUT2D eigenvalue weighted by atomic mass is 16.5. The minimum atomic E-state index is -0.158. The highest BCUT2D eigenvalue weighted by Crippen LogP contribution is 2.38. The Morgan fingerprint density at radius 2 is 1.66 bits per heavy atom. The van der Waals surface area contributed by atoms with Gasteiger partial charge in [-0.25, -0.2) is 0 Å². The fraction of sp³-hybridized carbons (Fsp3) is 0.171. The molecule has 6 aromatic rings. The van der Waals surface area contributed by atoms with Gasteiger partial charge < -0.3 is 13.8 Å². The first-order chi connectivity index (χ1) is 19.9. The number of ether oxygens (including phenoxy) is 1. The van der Waals surface area contributed by atoms with E-state index in [4.69, 9.17) is 19.2 Å². The summed E-state index contributed by atoms with van der Waals surface area (Å²) in [6.45, 7) is 12.0. The zero-order valence-corrected chi connectivity index (χ0v) is 23.7. The van der Waals surface area contributed by atoms with E-state index in [2.05, 4.69) is 83.2 Å². The van der Waals surface area contributed by atoms with Gasteiger partial charge in [0.15, 0.2) is 0 Å². The van der Waals surface area contributed by atoms with Gasteiger partial charge in [0.25, 0.3) is 0 Å². The van der Waals surface area contributed by atoms with E-state index in [0.717, 1.165) is 61.6 Å². The quantitative estimate of drug-likeness (QED) is 0.181. The van der Waals surface area contributed by atoms with Gasteiger partial charge in [-0.15, -0.1) is 0 Å². The van der Waals surface area contributed by atoms with Crippen LogP contribution in [0.3, 0.4) is 0 Å². The minimum Gasteiger partial charge on any atom is -0.491 e. The molecule has 6 heteroatoms. The number of benzene rings is 2. The number of pyridine rings is 2. The Morgan fingerprint density at radius 3 is 2.32 bits per heavy atom. The van der Waals surface area contributed by atoms with E-state index in [0.29, 0.717) is 5.76 Å². The van der Waals surface area contributed by atoms with Crippen LogP contribution in [0.1, 0.15) is 48.2 Å². The van der Waals surface area contributed by atoms with Gasteiger partial charge in [-0.3, -0.25) is 9.97 Å². The molecule has 0 bridgehead atoms. The topological polar surface area (TPSA) is 66.0 Å². The van der Waals surface area contributed by atoms with Crippen molar-refractivity contribution in [2.75, 3.05) is 0 Å². The van der Waals surface area contributed by atoms with E-state index in [1.54, 1.807) is 0 Å². The first kappa shape index (κ1) is 26.3. The molecular weight excluding hydrogens is 508 g/mol. The number of hydrogen-bond acceptors (Lipinski definition) is 5. The van der Waals surface area contributed by atoms with E-state index < -0.39 is 0 Å². The number of aromatic nitrogens is 4. The molecule has 204 valence electrons. The van der Waals surface area contributed by atoms with Crippen molar-refractivity contribution in [1.29, 1.82) is 0 Å². The molecule has 4 heterocycles. The first-order valence-corrected chi connectivity index (χ1v) is 13.8. The van der Waals surface area contributed by atoms with Crippen LogP contribution < -0.4 is 0 Å². The molecule has 0 aliphatic carbocycles. The molecule has 0 saturated heterocycles. The molecule has 0 amide bonds. The molecule has 0 spiro atoms. The summed E-state index contributed by atoms with van der Waals surface area (Å²) < 4.78 is 13.6. The molecular formula is C35H32N4O2. The summed E-state index contributed by atoms with van der Waals surface area (Å²) in [5.41, 5.74) is 9.79. The van der Waals surface area contributed by atoms with Gasteiger partial charge in [-0.1, -0.05) is 72.4 Å². The Hall–Kier alpha value is -4.97. The zero-order chi connectivity index (χ0) is 28.5. The van der Waals surface area contributed by atoms with Crippen molar-refractivity contribution in [2.45, 2.75) is 39.8 Å². The Labute approximate surface area is 240 Å². The van der Waals surface area contributed by atoms with Crippen molar-refractivity contribution in [2.24, 2.45) is 0 Å². The Bertz CT molecular complexity index is 1760. The molecule has 0 aliphatic rings. The van der Waals surface area contributed by atoms with E-state index in [9.17, 15) is 0 Å². The van der Waals surface area contributed by atoms with Gasteiger partial charge in [-0.2, -0.15) is 0 Å². The molecule has 4 aromatic heterocycles. The summed E-state index contributed by atoms with van der Waals surface area (Å²) >= 11 is 0. The van der Waals surface area contributed by atoms with Crippen LogP contribution in [0.4, 0.5) is 0 Å². The second kappa shape index (κ2) is 10.9. The smallest absolute Gasteiger partial charge is 0.141 e. The lowest BCUT2D eigenvalue weighted by Gasteiger charge is -2.20. The van der Waals surface area contributed by atoms with Gasteiger partial charge in [0.05, 0.1) is 28.5 Å². The average molecular weight is 541 g/mol. The van der Waals surface area contributed by atoms with E-state index >= 15 is 0 Å². The third kappa shape index (κ3) is 5.05. The molecule has 0 saturated carbocycles. The maximum atomic E-state index is 5.82. The van der Waals surface area contributed by atoms with Crippen LogP contribution in [0.15, 0.2) is 109 Å². The number of fused-ring (bicyclic) bond motifs is 1. The number of rotatable bonds is 8. The molecule has 0 fully saturated rings. The fourth-order valence-electron chi connectivity index (χ4n) is 5.42. The van der Waals surface area contributed by atoms with E-state index in [1.165, 1.54) is 0 Å². The predicted octanol–water partition coefficient (Wildman–Crippen LogP) is 8.40. The summed E-state index contributed by atoms with van der Waals surface area (Å²) in [4.78, 5) is 9.82. The summed E-state index contributed by atoms with van der Waals surface area (Å²) in [5, 5.41) is 4.18. The molecule has 0 radical (unpaired) electrons. The highest BCUT2D eigenvalue weighted by molar-refractivity contribution is 5.95. The largest absolute Gasteiger partial charge is 0.491 e. The van der Waals surface area contributed by atoms with Crippen LogP contribution in [-0.2, 0) is 4.74 Å². The molecule has 0 aliphatic heterocycles. The molecule has 6 nitrogen and oxygen atoms in total. The summed E-state index contributed by atoms with van der Waals surface area (Å²) in [5.74, 6) is 1.43. The Kier molecular flexibility index (Phi) is 6.98. The van der Waals surface area contributed by atoms with E-state index in [1.807, 2.05) is 58.3 Å². The van der Waals surface area contributed by atoms with Crippen molar-refractivity contribution in [1.82, 2.24) is 19.7 Å². The van der Waals surface area contributed by atoms with Gasteiger partial charge in [-0.05, 0) is 57.0 Å². The van der Waals surface area contributed by atoms with Crippen LogP contribution in [0.2, 0.25) is 0 Å². The monoisotopic (exact) mass is 540 g/mol. The fourth-order valence-corrected chi connectivity index (χ4v) is 5.42. The third-order valence-corrected chi connectivity index (χ3v) is 7.25. The van der Waals surface area contributed by atoms with Crippen LogP contribution in [0.25, 0.3) is 39.0 Å². The van der Waals surface area contributed by atoms with Crippen molar-refractivity contribution < 1.29 is 9.26 Å². The summed E-state index contributed by atoms with van der Waals surface area (Å²) in [6, 6.07) is 26.8. The van der Waals surface area contributed by atoms with Crippen LogP contribution in [0, 0.1) is 13.8 Å². The second-order valence-corrected chi connectivity index (χ2v) is 10.5. The first-order valence-electron chi connectivity index (χ1n) is 13.8. The van der Waals surface area contributed by atoms with Crippen LogP contribution in [-0.4, -0.2) is 25.8 Å². The molecule has 0 N–H and O–H groups in total. The molecule has 41 heavy (non-hydrogen) atoms. The molecule has 6 rings (SSSR count). The van der Waals surface area contributed by atoms with Gasteiger partial charge >= 0.3 is 0 Å². The maximum absolute atomic E-state index is 5.82. The third-order valence-electron chi connectivity index (χ3n) is 7.25. The maximum Gasteiger partial charge on any atom is 0.141 e. The lowest BCUT2D eigenvalue weighted by molar-refractivity contribution is 0.205. The molecule has 2 aromatic carbocycles. The van der Waals surface area contributed by atoms with Crippen molar-refractivity contribution >= 4 is 16.8 Å². The molecule has 0 unspecified atom stereocenters. The number of hydrogen-bond donors (Lipinski definition) is 0. The average Bonchev–Trinajstić information content (AvgIpc) is 3.52. The van der Waals surface area contributed by atoms with Crippen molar-refractivity contribution in [3.8, 4) is 22.3 Å². The highest BCUT2D eigenvalue weighted by Gasteiger charge is 2.24.